The Hall–Kier alpha value is -2.29. The number of benzene rings is 1. The molecule has 8 heteroatoms. The number of amides is 2. The molecule has 164 valence electrons. The summed E-state index contributed by atoms with van der Waals surface area (Å²) in [6.07, 6.45) is -0.454. The van der Waals surface area contributed by atoms with Gasteiger partial charge in [0.1, 0.15) is 6.04 Å². The van der Waals surface area contributed by atoms with Crippen molar-refractivity contribution in [1.29, 1.82) is 0 Å². The Morgan fingerprint density at radius 2 is 1.93 bits per heavy atom. The minimum absolute atomic E-state index is 0.150. The molecule has 1 aromatic heterocycles. The van der Waals surface area contributed by atoms with Gasteiger partial charge in [-0.25, -0.2) is 4.98 Å². The Labute approximate surface area is 182 Å². The van der Waals surface area contributed by atoms with Crippen molar-refractivity contribution in [2.24, 2.45) is 11.7 Å². The lowest BCUT2D eigenvalue weighted by molar-refractivity contribution is -0.137. The molecule has 4 N–H and O–H groups in total. The first-order valence-electron chi connectivity index (χ1n) is 10.2. The Morgan fingerprint density at radius 1 is 1.30 bits per heavy atom. The lowest BCUT2D eigenvalue weighted by atomic mass is 10.1. The van der Waals surface area contributed by atoms with E-state index in [2.05, 4.69) is 31.1 Å². The normalized spacial score (nSPS) is 18.2. The zero-order valence-corrected chi connectivity index (χ0v) is 18.9. The average molecular weight is 433 g/mol. The number of carbonyl (C=O) groups is 2. The fraction of sp³-hybridized carbons (Fsp3) is 0.500. The number of carbonyl (C=O) groups excluding carboxylic acids is 2. The lowest BCUT2D eigenvalue weighted by Crippen LogP contribution is -2.47. The maximum absolute atomic E-state index is 12.4. The van der Waals surface area contributed by atoms with Crippen LogP contribution in [0.25, 0.3) is 10.4 Å². The average Bonchev–Trinajstić information content (AvgIpc) is 3.31. The molecule has 3 rings (SSSR count). The quantitative estimate of drug-likeness (QED) is 0.672. The number of nitrogens with two attached hydrogens (primary N) is 1. The molecule has 0 spiro atoms. The van der Waals surface area contributed by atoms with Gasteiger partial charge in [-0.05, 0) is 24.0 Å². The highest BCUT2D eigenvalue weighted by atomic mass is 32.1. The zero-order valence-electron chi connectivity index (χ0n) is 18.1. The van der Waals surface area contributed by atoms with Crippen molar-refractivity contribution in [2.45, 2.75) is 52.8 Å². The molecule has 0 saturated carbocycles. The van der Waals surface area contributed by atoms with E-state index in [1.54, 1.807) is 11.3 Å². The van der Waals surface area contributed by atoms with Gasteiger partial charge in [0.05, 0.1) is 28.7 Å². The van der Waals surface area contributed by atoms with Crippen LogP contribution in [0.2, 0.25) is 0 Å². The van der Waals surface area contributed by atoms with E-state index in [1.165, 1.54) is 4.90 Å². The SMILES string of the molecule is CC(C)C.Cc1ncsc1-c1ccc(CNC(=O)C2C[C@@H](O)CN2C(=O)CN)cc1. The third-order valence-corrected chi connectivity index (χ3v) is 5.48. The molecule has 1 saturated heterocycles. The summed E-state index contributed by atoms with van der Waals surface area (Å²) in [6, 6.07) is 7.26. The largest absolute Gasteiger partial charge is 0.391 e. The fourth-order valence-corrected chi connectivity index (χ4v) is 3.93. The molecule has 30 heavy (non-hydrogen) atoms. The topological polar surface area (TPSA) is 109 Å². The third kappa shape index (κ3) is 6.62. The summed E-state index contributed by atoms with van der Waals surface area (Å²) in [7, 11) is 0. The number of nitrogens with zero attached hydrogens (tertiary/aromatic N) is 2. The number of hydrogen-bond donors (Lipinski definition) is 3. The molecule has 2 amide bonds. The molecule has 1 aliphatic heterocycles. The van der Waals surface area contributed by atoms with Crippen molar-refractivity contribution in [3.05, 3.63) is 41.0 Å². The molecular weight excluding hydrogens is 400 g/mol. The van der Waals surface area contributed by atoms with Crippen molar-refractivity contribution < 1.29 is 14.7 Å². The van der Waals surface area contributed by atoms with E-state index >= 15 is 0 Å². The number of rotatable bonds is 5. The van der Waals surface area contributed by atoms with Crippen molar-refractivity contribution in [3.63, 3.8) is 0 Å². The molecule has 1 unspecified atom stereocenters. The molecule has 2 atom stereocenters. The van der Waals surface area contributed by atoms with E-state index < -0.39 is 12.1 Å². The Morgan fingerprint density at radius 3 is 2.47 bits per heavy atom. The number of hydrogen-bond acceptors (Lipinski definition) is 6. The number of nitrogens with one attached hydrogen (secondary N) is 1. The summed E-state index contributed by atoms with van der Waals surface area (Å²) in [6.45, 7) is 8.81. The first-order valence-corrected chi connectivity index (χ1v) is 11.1. The number of aliphatic hydroxyl groups is 1. The molecule has 7 nitrogen and oxygen atoms in total. The monoisotopic (exact) mass is 432 g/mol. The van der Waals surface area contributed by atoms with E-state index in [-0.39, 0.29) is 31.3 Å². The summed E-state index contributed by atoms with van der Waals surface area (Å²) >= 11 is 1.60. The summed E-state index contributed by atoms with van der Waals surface area (Å²) < 4.78 is 0. The number of thiazole rings is 1. The van der Waals surface area contributed by atoms with Crippen molar-refractivity contribution in [3.8, 4) is 10.4 Å². The van der Waals surface area contributed by atoms with Crippen LogP contribution in [0.1, 0.15) is 38.4 Å². The van der Waals surface area contributed by atoms with Crippen molar-refractivity contribution in [2.75, 3.05) is 13.1 Å². The van der Waals surface area contributed by atoms with Gasteiger partial charge in [0.25, 0.3) is 0 Å². The van der Waals surface area contributed by atoms with Gasteiger partial charge in [0.2, 0.25) is 11.8 Å². The second kappa shape index (κ2) is 11.2. The van der Waals surface area contributed by atoms with E-state index in [1.807, 2.05) is 36.7 Å². The van der Waals surface area contributed by atoms with Crippen LogP contribution in [0.4, 0.5) is 0 Å². The molecule has 0 radical (unpaired) electrons. The maximum Gasteiger partial charge on any atom is 0.243 e. The highest BCUT2D eigenvalue weighted by Gasteiger charge is 2.38. The van der Waals surface area contributed by atoms with Gasteiger partial charge in [0.15, 0.2) is 0 Å². The number of aliphatic hydroxyl groups excluding tert-OH is 1. The molecular formula is C22H32N4O3S. The van der Waals surface area contributed by atoms with Gasteiger partial charge < -0.3 is 21.1 Å². The van der Waals surface area contributed by atoms with Crippen LogP contribution in [-0.2, 0) is 16.1 Å². The molecule has 0 aliphatic carbocycles. The Balaban J connectivity index is 0.000000735. The van der Waals surface area contributed by atoms with Crippen LogP contribution < -0.4 is 11.1 Å². The first kappa shape index (κ1) is 24.0. The second-order valence-electron chi connectivity index (χ2n) is 8.07. The smallest absolute Gasteiger partial charge is 0.243 e. The summed E-state index contributed by atoms with van der Waals surface area (Å²) in [4.78, 5) is 31.0. The first-order chi connectivity index (χ1) is 14.2. The van der Waals surface area contributed by atoms with E-state index in [4.69, 9.17) is 5.73 Å². The van der Waals surface area contributed by atoms with Crippen LogP contribution in [0.15, 0.2) is 29.8 Å². The standard InChI is InChI=1S/C18H22N4O3S.C4H10/c1-11-17(26-10-21-11)13-4-2-12(3-5-13)8-20-18(25)15-6-14(23)9-22(15)16(24)7-19;1-4(2)3/h2-5,10,14-15,23H,6-9,19H2,1H3,(H,20,25);4H,1-3H3/t14-,15?;/m1./s1. The minimum Gasteiger partial charge on any atom is -0.391 e. The van der Waals surface area contributed by atoms with Crippen LogP contribution in [0.3, 0.4) is 0 Å². The summed E-state index contributed by atoms with van der Waals surface area (Å²) in [5.41, 5.74) is 10.3. The molecule has 0 bridgehead atoms. The predicted octanol–water partition coefficient (Wildman–Crippen LogP) is 2.32. The van der Waals surface area contributed by atoms with Gasteiger partial charge in [-0.1, -0.05) is 45.0 Å². The van der Waals surface area contributed by atoms with Crippen LogP contribution in [0.5, 0.6) is 0 Å². The molecule has 2 heterocycles. The molecule has 2 aromatic rings. The van der Waals surface area contributed by atoms with Crippen LogP contribution >= 0.6 is 11.3 Å². The highest BCUT2D eigenvalue weighted by Crippen LogP contribution is 2.27. The zero-order chi connectivity index (χ0) is 22.3. The molecule has 1 aliphatic rings. The minimum atomic E-state index is -0.692. The van der Waals surface area contributed by atoms with Crippen LogP contribution in [-0.4, -0.2) is 52.0 Å². The number of likely N-dealkylation sites (tertiary alicyclic amines) is 1. The number of β-amino-alcohol motifs (C(OH)–C–C–N with tert-alkyl or cyclic N) is 1. The van der Waals surface area contributed by atoms with Crippen LogP contribution in [0, 0.1) is 12.8 Å². The molecule has 1 fully saturated rings. The Kier molecular flexibility index (Phi) is 8.95. The Bertz CT molecular complexity index is 832. The van der Waals surface area contributed by atoms with Gasteiger partial charge >= 0.3 is 0 Å². The van der Waals surface area contributed by atoms with Gasteiger partial charge in [-0.2, -0.15) is 0 Å². The lowest BCUT2D eigenvalue weighted by Gasteiger charge is -2.23. The van der Waals surface area contributed by atoms with E-state index in [9.17, 15) is 14.7 Å². The fourth-order valence-electron chi connectivity index (χ4n) is 3.12. The second-order valence-corrected chi connectivity index (χ2v) is 8.92. The predicted molar refractivity (Wildman–Crippen MR) is 120 cm³/mol. The summed E-state index contributed by atoms with van der Waals surface area (Å²) in [5.74, 6) is 0.233. The van der Waals surface area contributed by atoms with E-state index in [0.717, 1.165) is 27.6 Å². The number of aromatic nitrogens is 1. The van der Waals surface area contributed by atoms with Gasteiger partial charge in [-0.15, -0.1) is 11.3 Å². The van der Waals surface area contributed by atoms with Gasteiger partial charge in [0, 0.05) is 19.5 Å². The van der Waals surface area contributed by atoms with E-state index in [0.29, 0.717) is 6.54 Å². The third-order valence-electron chi connectivity index (χ3n) is 4.51. The van der Waals surface area contributed by atoms with Gasteiger partial charge in [-0.3, -0.25) is 9.59 Å². The highest BCUT2D eigenvalue weighted by molar-refractivity contribution is 7.13. The summed E-state index contributed by atoms with van der Waals surface area (Å²) in [5, 5.41) is 12.6. The van der Waals surface area contributed by atoms with Crippen molar-refractivity contribution in [1.82, 2.24) is 15.2 Å². The molecule has 1 aromatic carbocycles. The number of aryl methyl sites for hydroxylation is 1. The van der Waals surface area contributed by atoms with Crippen molar-refractivity contribution >= 4 is 23.2 Å². The maximum atomic E-state index is 12.4.